The summed E-state index contributed by atoms with van der Waals surface area (Å²) in [5.74, 6) is 1.38. The number of aromatic nitrogens is 1. The molecule has 0 saturated heterocycles. The average Bonchev–Trinajstić information content (AvgIpc) is 3.13. The van der Waals surface area contributed by atoms with Crippen LogP contribution in [0.4, 0.5) is 0 Å². The number of thioether (sulfide) groups is 1. The first-order valence-electron chi connectivity index (χ1n) is 9.10. The molecule has 2 saturated carbocycles. The van der Waals surface area contributed by atoms with Gasteiger partial charge >= 0.3 is 0 Å². The van der Waals surface area contributed by atoms with Crippen molar-refractivity contribution in [3.05, 3.63) is 62.5 Å². The van der Waals surface area contributed by atoms with Crippen molar-refractivity contribution in [1.29, 1.82) is 0 Å². The van der Waals surface area contributed by atoms with Crippen LogP contribution in [0.1, 0.15) is 48.9 Å². The summed E-state index contributed by atoms with van der Waals surface area (Å²) in [6, 6.07) is 10.5. The van der Waals surface area contributed by atoms with Crippen LogP contribution in [0.25, 0.3) is 0 Å². The lowest BCUT2D eigenvalue weighted by molar-refractivity contribution is 0.442. The Hall–Kier alpha value is -1.19. The summed E-state index contributed by atoms with van der Waals surface area (Å²) < 4.78 is 0. The van der Waals surface area contributed by atoms with Gasteiger partial charge in [-0.25, -0.2) is 0 Å². The van der Waals surface area contributed by atoms with Gasteiger partial charge in [-0.1, -0.05) is 49.4 Å². The summed E-state index contributed by atoms with van der Waals surface area (Å²) in [6.45, 7) is 1.86. The molecule has 1 aromatic heterocycles. The van der Waals surface area contributed by atoms with E-state index in [1.165, 1.54) is 31.2 Å². The zero-order chi connectivity index (χ0) is 17.6. The minimum atomic E-state index is -0.0670. The van der Waals surface area contributed by atoms with Crippen molar-refractivity contribution in [2.75, 3.05) is 6.26 Å². The van der Waals surface area contributed by atoms with Crippen LogP contribution >= 0.6 is 23.4 Å². The second-order valence-corrected chi connectivity index (χ2v) is 8.82. The maximum absolute atomic E-state index is 12.3. The molecule has 2 aromatic rings. The van der Waals surface area contributed by atoms with E-state index in [-0.39, 0.29) is 11.0 Å². The molecule has 0 spiro atoms. The molecule has 0 bridgehead atoms. The van der Waals surface area contributed by atoms with Crippen molar-refractivity contribution in [2.24, 2.45) is 11.8 Å². The van der Waals surface area contributed by atoms with E-state index >= 15 is 0 Å². The highest BCUT2D eigenvalue weighted by atomic mass is 35.5. The van der Waals surface area contributed by atoms with Crippen LogP contribution in [-0.4, -0.2) is 11.2 Å². The molecule has 2 aliphatic carbocycles. The van der Waals surface area contributed by atoms with Gasteiger partial charge in [0.15, 0.2) is 0 Å². The zero-order valence-electron chi connectivity index (χ0n) is 14.8. The van der Waals surface area contributed by atoms with Crippen LogP contribution in [0.5, 0.6) is 0 Å². The normalized spacial score (nSPS) is 26.1. The minimum absolute atomic E-state index is 0.0285. The number of pyridine rings is 1. The van der Waals surface area contributed by atoms with Crippen LogP contribution < -0.4 is 5.56 Å². The molecule has 0 radical (unpaired) electrons. The van der Waals surface area contributed by atoms with E-state index in [1.807, 2.05) is 19.2 Å². The quantitative estimate of drug-likeness (QED) is 0.712. The Morgan fingerprint density at radius 3 is 2.60 bits per heavy atom. The standard InChI is InChI=1S/C21H24ClNOS/c1-13-7-10-19(23-20(13)24)21(12-16(21)14-5-3-4-6-14)15-8-9-18(25-2)17(22)11-15/h7-11,14,16H,3-6,12H2,1-2H3,(H,23,24)/t16-,21-/m0/s1. The third kappa shape index (κ3) is 2.86. The summed E-state index contributed by atoms with van der Waals surface area (Å²) in [5, 5.41) is 0.816. The summed E-state index contributed by atoms with van der Waals surface area (Å²) in [4.78, 5) is 16.5. The molecule has 25 heavy (non-hydrogen) atoms. The number of aryl methyl sites for hydroxylation is 1. The van der Waals surface area contributed by atoms with Crippen molar-refractivity contribution in [2.45, 2.75) is 49.3 Å². The summed E-state index contributed by atoms with van der Waals surface area (Å²) in [6.07, 6.45) is 8.48. The van der Waals surface area contributed by atoms with E-state index in [0.29, 0.717) is 5.92 Å². The second kappa shape index (κ2) is 6.51. The Morgan fingerprint density at radius 2 is 1.96 bits per heavy atom. The molecule has 4 rings (SSSR count). The van der Waals surface area contributed by atoms with E-state index in [9.17, 15) is 4.79 Å². The predicted octanol–water partition coefficient (Wildman–Crippen LogP) is 5.55. The molecule has 1 aromatic carbocycles. The molecule has 132 valence electrons. The monoisotopic (exact) mass is 373 g/mol. The molecule has 2 fully saturated rings. The van der Waals surface area contributed by atoms with Crippen molar-refractivity contribution < 1.29 is 0 Å². The highest BCUT2D eigenvalue weighted by Crippen LogP contribution is 2.64. The van der Waals surface area contributed by atoms with Crippen LogP contribution in [0, 0.1) is 18.8 Å². The Morgan fingerprint density at radius 1 is 1.20 bits per heavy atom. The Bertz CT molecular complexity index is 855. The summed E-state index contributed by atoms with van der Waals surface area (Å²) in [7, 11) is 0. The van der Waals surface area contributed by atoms with Gasteiger partial charge in [0, 0.05) is 21.6 Å². The van der Waals surface area contributed by atoms with Gasteiger partial charge in [-0.2, -0.15) is 0 Å². The smallest absolute Gasteiger partial charge is 0.251 e. The van der Waals surface area contributed by atoms with Crippen molar-refractivity contribution in [3.63, 3.8) is 0 Å². The van der Waals surface area contributed by atoms with E-state index in [4.69, 9.17) is 11.6 Å². The second-order valence-electron chi connectivity index (χ2n) is 7.56. The fraction of sp³-hybridized carbons (Fsp3) is 0.476. The Balaban J connectivity index is 1.81. The average molecular weight is 374 g/mol. The molecule has 0 amide bonds. The largest absolute Gasteiger partial charge is 0.325 e. The van der Waals surface area contributed by atoms with Gasteiger partial charge in [-0.05, 0) is 55.2 Å². The minimum Gasteiger partial charge on any atom is -0.325 e. The molecule has 2 nitrogen and oxygen atoms in total. The first kappa shape index (κ1) is 17.2. The molecule has 0 aliphatic heterocycles. The lowest BCUT2D eigenvalue weighted by Crippen LogP contribution is -2.22. The van der Waals surface area contributed by atoms with Gasteiger partial charge in [0.25, 0.3) is 5.56 Å². The summed E-state index contributed by atoms with van der Waals surface area (Å²) >= 11 is 8.19. The van der Waals surface area contributed by atoms with E-state index in [2.05, 4.69) is 29.2 Å². The van der Waals surface area contributed by atoms with Gasteiger partial charge in [0.2, 0.25) is 0 Å². The molecule has 1 heterocycles. The molecular formula is C21H24ClNOS. The SMILES string of the molecule is CSc1ccc([C@@]2(c3ccc(C)c(=O)[nH]3)C[C@H]2C2CCCC2)cc1Cl. The molecule has 4 heteroatoms. The number of hydrogen-bond acceptors (Lipinski definition) is 2. The van der Waals surface area contributed by atoms with Gasteiger partial charge in [0.05, 0.1) is 5.02 Å². The van der Waals surface area contributed by atoms with Crippen molar-refractivity contribution in [3.8, 4) is 0 Å². The maximum atomic E-state index is 12.3. The van der Waals surface area contributed by atoms with Gasteiger partial charge in [-0.3, -0.25) is 4.79 Å². The lowest BCUT2D eigenvalue weighted by Gasteiger charge is -2.22. The molecule has 2 aliphatic rings. The Labute approximate surface area is 158 Å². The van der Waals surface area contributed by atoms with Crippen molar-refractivity contribution in [1.82, 2.24) is 4.98 Å². The third-order valence-electron chi connectivity index (χ3n) is 6.24. The van der Waals surface area contributed by atoms with E-state index in [1.54, 1.807) is 11.8 Å². The van der Waals surface area contributed by atoms with Gasteiger partial charge in [-0.15, -0.1) is 11.8 Å². The number of nitrogens with one attached hydrogen (secondary N) is 1. The van der Waals surface area contributed by atoms with Crippen LogP contribution in [0.15, 0.2) is 40.0 Å². The highest BCUT2D eigenvalue weighted by molar-refractivity contribution is 7.98. The number of halogens is 1. The van der Waals surface area contributed by atoms with Crippen LogP contribution in [0.2, 0.25) is 5.02 Å². The summed E-state index contributed by atoms with van der Waals surface area (Å²) in [5.41, 5.74) is 3.05. The molecule has 2 atom stereocenters. The fourth-order valence-corrected chi connectivity index (χ4v) is 5.63. The Kier molecular flexibility index (Phi) is 4.49. The lowest BCUT2D eigenvalue weighted by atomic mass is 9.84. The van der Waals surface area contributed by atoms with Gasteiger partial charge in [0.1, 0.15) is 0 Å². The maximum Gasteiger partial charge on any atom is 0.251 e. The molecule has 1 N–H and O–H groups in total. The number of rotatable bonds is 4. The highest BCUT2D eigenvalue weighted by Gasteiger charge is 2.60. The topological polar surface area (TPSA) is 32.9 Å². The van der Waals surface area contributed by atoms with Crippen LogP contribution in [0.3, 0.4) is 0 Å². The third-order valence-corrected chi connectivity index (χ3v) is 7.46. The van der Waals surface area contributed by atoms with E-state index in [0.717, 1.165) is 33.5 Å². The van der Waals surface area contributed by atoms with Crippen LogP contribution in [-0.2, 0) is 5.41 Å². The zero-order valence-corrected chi connectivity index (χ0v) is 16.3. The molecule has 0 unspecified atom stereocenters. The fourth-order valence-electron chi connectivity index (χ4n) is 4.76. The number of H-pyrrole nitrogens is 1. The van der Waals surface area contributed by atoms with Gasteiger partial charge < -0.3 is 4.98 Å². The number of aromatic amines is 1. The van der Waals surface area contributed by atoms with E-state index < -0.39 is 0 Å². The first-order valence-corrected chi connectivity index (χ1v) is 10.7. The number of hydrogen-bond donors (Lipinski definition) is 1. The first-order chi connectivity index (χ1) is 12.1. The number of benzene rings is 1. The van der Waals surface area contributed by atoms with Crippen molar-refractivity contribution >= 4 is 23.4 Å². The molecular weight excluding hydrogens is 350 g/mol. The predicted molar refractivity (Wildman–Crippen MR) is 106 cm³/mol.